The summed E-state index contributed by atoms with van der Waals surface area (Å²) in [5, 5.41) is 0. The van der Waals surface area contributed by atoms with Crippen LogP contribution in [0, 0.1) is 17.8 Å². The van der Waals surface area contributed by atoms with Crippen LogP contribution < -0.4 is 5.73 Å². The number of carbonyl (C=O) groups excluding carboxylic acids is 1. The summed E-state index contributed by atoms with van der Waals surface area (Å²) in [4.78, 5) is 14.0. The van der Waals surface area contributed by atoms with Gasteiger partial charge in [0, 0.05) is 25.6 Å². The summed E-state index contributed by atoms with van der Waals surface area (Å²) in [5.41, 5.74) is 5.58. The highest BCUT2D eigenvalue weighted by Gasteiger charge is 2.55. The van der Waals surface area contributed by atoms with Crippen LogP contribution in [0.4, 0.5) is 0 Å². The standard InChI is InChI=1S/C12H22N2O/c1-8(7-13)14(2)12(15)11-9-5-3-4-6-10(9)11/h8-11H,3-7,13H2,1-2H3. The van der Waals surface area contributed by atoms with Gasteiger partial charge in [-0.15, -0.1) is 0 Å². The lowest BCUT2D eigenvalue weighted by atomic mass is 10.0. The number of likely N-dealkylation sites (N-methyl/N-ethyl adjacent to an activating group) is 1. The lowest BCUT2D eigenvalue weighted by molar-refractivity contribution is -0.133. The molecule has 15 heavy (non-hydrogen) atoms. The highest BCUT2D eigenvalue weighted by atomic mass is 16.2. The smallest absolute Gasteiger partial charge is 0.226 e. The van der Waals surface area contributed by atoms with Gasteiger partial charge < -0.3 is 10.6 Å². The quantitative estimate of drug-likeness (QED) is 0.761. The molecule has 0 aromatic carbocycles. The lowest BCUT2D eigenvalue weighted by Gasteiger charge is -2.23. The molecule has 0 saturated heterocycles. The average Bonchev–Trinajstić information content (AvgIpc) is 3.00. The van der Waals surface area contributed by atoms with E-state index in [1.165, 1.54) is 25.7 Å². The van der Waals surface area contributed by atoms with Crippen molar-refractivity contribution in [3.8, 4) is 0 Å². The van der Waals surface area contributed by atoms with E-state index in [9.17, 15) is 4.79 Å². The Bertz CT molecular complexity index is 242. The molecule has 1 amide bonds. The number of amides is 1. The number of carbonyl (C=O) groups is 1. The Balaban J connectivity index is 1.92. The van der Waals surface area contributed by atoms with Gasteiger partial charge in [0.15, 0.2) is 0 Å². The van der Waals surface area contributed by atoms with E-state index in [1.807, 2.05) is 18.9 Å². The van der Waals surface area contributed by atoms with Crippen molar-refractivity contribution < 1.29 is 4.79 Å². The number of rotatable bonds is 3. The minimum atomic E-state index is 0.181. The Morgan fingerprint density at radius 2 is 1.93 bits per heavy atom. The summed E-state index contributed by atoms with van der Waals surface area (Å²) in [7, 11) is 1.89. The van der Waals surface area contributed by atoms with Gasteiger partial charge in [0.25, 0.3) is 0 Å². The zero-order valence-corrected chi connectivity index (χ0v) is 9.78. The summed E-state index contributed by atoms with van der Waals surface area (Å²) in [6.07, 6.45) is 5.18. The number of nitrogens with zero attached hydrogens (tertiary/aromatic N) is 1. The molecule has 2 saturated carbocycles. The van der Waals surface area contributed by atoms with E-state index in [0.717, 1.165) is 0 Å². The fourth-order valence-corrected chi connectivity index (χ4v) is 2.97. The normalized spacial score (nSPS) is 35.5. The van der Waals surface area contributed by atoms with E-state index < -0.39 is 0 Å². The molecular weight excluding hydrogens is 188 g/mol. The fraction of sp³-hybridized carbons (Fsp3) is 0.917. The van der Waals surface area contributed by atoms with Gasteiger partial charge in [-0.1, -0.05) is 12.8 Å². The van der Waals surface area contributed by atoms with Crippen molar-refractivity contribution in [2.24, 2.45) is 23.5 Å². The maximum Gasteiger partial charge on any atom is 0.226 e. The van der Waals surface area contributed by atoms with E-state index >= 15 is 0 Å². The van der Waals surface area contributed by atoms with Crippen molar-refractivity contribution >= 4 is 5.91 Å². The van der Waals surface area contributed by atoms with Crippen LogP contribution in [0.1, 0.15) is 32.6 Å². The molecule has 2 fully saturated rings. The average molecular weight is 210 g/mol. The van der Waals surface area contributed by atoms with Crippen LogP contribution in [0.3, 0.4) is 0 Å². The molecule has 0 aliphatic heterocycles. The topological polar surface area (TPSA) is 46.3 Å². The maximum atomic E-state index is 12.1. The van der Waals surface area contributed by atoms with Gasteiger partial charge in [0.1, 0.15) is 0 Å². The van der Waals surface area contributed by atoms with E-state index in [-0.39, 0.29) is 6.04 Å². The predicted octanol–water partition coefficient (Wildman–Crippen LogP) is 1.23. The Morgan fingerprint density at radius 1 is 1.40 bits per heavy atom. The Labute approximate surface area is 92.0 Å². The Kier molecular flexibility index (Phi) is 3.01. The third-order valence-corrected chi connectivity index (χ3v) is 4.29. The van der Waals surface area contributed by atoms with Gasteiger partial charge in [-0.05, 0) is 31.6 Å². The SMILES string of the molecule is CC(CN)N(C)C(=O)C1C2CCCCC21. The monoisotopic (exact) mass is 210 g/mol. The Hall–Kier alpha value is -0.570. The number of hydrogen-bond donors (Lipinski definition) is 1. The molecule has 86 valence electrons. The van der Waals surface area contributed by atoms with E-state index in [4.69, 9.17) is 5.73 Å². The van der Waals surface area contributed by atoms with Gasteiger partial charge in [0.05, 0.1) is 0 Å². The van der Waals surface area contributed by atoms with Gasteiger partial charge in [-0.3, -0.25) is 4.79 Å². The van der Waals surface area contributed by atoms with Crippen LogP contribution in [-0.4, -0.2) is 30.4 Å². The first-order chi connectivity index (χ1) is 7.16. The van der Waals surface area contributed by atoms with Gasteiger partial charge in [0.2, 0.25) is 5.91 Å². The van der Waals surface area contributed by atoms with Crippen LogP contribution in [0.5, 0.6) is 0 Å². The van der Waals surface area contributed by atoms with Crippen LogP contribution >= 0.6 is 0 Å². The van der Waals surface area contributed by atoms with E-state index in [1.54, 1.807) is 0 Å². The van der Waals surface area contributed by atoms with Crippen molar-refractivity contribution in [2.75, 3.05) is 13.6 Å². The number of nitrogens with two attached hydrogens (primary N) is 1. The van der Waals surface area contributed by atoms with Crippen LogP contribution in [-0.2, 0) is 4.79 Å². The van der Waals surface area contributed by atoms with Crippen LogP contribution in [0.25, 0.3) is 0 Å². The molecule has 0 radical (unpaired) electrons. The third kappa shape index (κ3) is 1.89. The second-order valence-electron chi connectivity index (χ2n) is 5.17. The third-order valence-electron chi connectivity index (χ3n) is 4.29. The molecule has 3 heteroatoms. The molecule has 0 bridgehead atoms. The summed E-state index contributed by atoms with van der Waals surface area (Å²) in [5.74, 6) is 2.09. The van der Waals surface area contributed by atoms with Crippen molar-refractivity contribution in [3.05, 3.63) is 0 Å². The van der Waals surface area contributed by atoms with Gasteiger partial charge >= 0.3 is 0 Å². The number of fused-ring (bicyclic) bond motifs is 1. The zero-order chi connectivity index (χ0) is 11.0. The first kappa shape index (κ1) is 10.9. The first-order valence-electron chi connectivity index (χ1n) is 6.13. The van der Waals surface area contributed by atoms with E-state index in [2.05, 4.69) is 0 Å². The maximum absolute atomic E-state index is 12.1. The van der Waals surface area contributed by atoms with Gasteiger partial charge in [-0.25, -0.2) is 0 Å². The highest BCUT2D eigenvalue weighted by molar-refractivity contribution is 5.82. The number of hydrogen-bond acceptors (Lipinski definition) is 2. The fourth-order valence-electron chi connectivity index (χ4n) is 2.97. The molecule has 0 heterocycles. The first-order valence-corrected chi connectivity index (χ1v) is 6.13. The van der Waals surface area contributed by atoms with Crippen molar-refractivity contribution in [1.29, 1.82) is 0 Å². The van der Waals surface area contributed by atoms with Crippen molar-refractivity contribution in [3.63, 3.8) is 0 Å². The van der Waals surface area contributed by atoms with Crippen molar-refractivity contribution in [2.45, 2.75) is 38.6 Å². The largest absolute Gasteiger partial charge is 0.342 e. The molecule has 0 aromatic rings. The highest BCUT2D eigenvalue weighted by Crippen LogP contribution is 2.56. The molecule has 2 rings (SSSR count). The summed E-state index contributed by atoms with van der Waals surface area (Å²) < 4.78 is 0. The molecule has 2 aliphatic rings. The molecule has 0 spiro atoms. The van der Waals surface area contributed by atoms with Gasteiger partial charge in [-0.2, -0.15) is 0 Å². The molecule has 3 unspecified atom stereocenters. The minimum Gasteiger partial charge on any atom is -0.342 e. The summed E-state index contributed by atoms with van der Waals surface area (Å²) in [6, 6.07) is 0.181. The van der Waals surface area contributed by atoms with Crippen LogP contribution in [0.2, 0.25) is 0 Å². The minimum absolute atomic E-state index is 0.181. The Morgan fingerprint density at radius 3 is 2.40 bits per heavy atom. The molecular formula is C12H22N2O. The predicted molar refractivity (Wildman–Crippen MR) is 60.2 cm³/mol. The van der Waals surface area contributed by atoms with E-state index in [0.29, 0.717) is 30.2 Å². The molecule has 3 atom stereocenters. The van der Waals surface area contributed by atoms with Crippen molar-refractivity contribution in [1.82, 2.24) is 4.90 Å². The second kappa shape index (κ2) is 4.12. The molecule has 0 aromatic heterocycles. The summed E-state index contributed by atoms with van der Waals surface area (Å²) >= 11 is 0. The summed E-state index contributed by atoms with van der Waals surface area (Å²) in [6.45, 7) is 2.58. The molecule has 2 N–H and O–H groups in total. The molecule has 2 aliphatic carbocycles. The molecule has 3 nitrogen and oxygen atoms in total. The lowest BCUT2D eigenvalue weighted by Crippen LogP contribution is -2.41. The second-order valence-corrected chi connectivity index (χ2v) is 5.17. The zero-order valence-electron chi connectivity index (χ0n) is 9.78. The van der Waals surface area contributed by atoms with Crippen LogP contribution in [0.15, 0.2) is 0 Å².